The molecule has 0 fully saturated rings. The Balaban J connectivity index is 1.71. The van der Waals surface area contributed by atoms with Crippen molar-refractivity contribution in [1.29, 1.82) is 0 Å². The highest BCUT2D eigenvalue weighted by Gasteiger charge is 2.29. The molecule has 0 saturated carbocycles. The van der Waals surface area contributed by atoms with Crippen LogP contribution in [0.4, 0.5) is 14.6 Å². The van der Waals surface area contributed by atoms with Gasteiger partial charge >= 0.3 is 0 Å². The number of aryl methyl sites for hydroxylation is 1. The number of nitrogens with one attached hydrogen (secondary N) is 1. The van der Waals surface area contributed by atoms with Crippen LogP contribution in [0.1, 0.15) is 5.56 Å². The molecule has 1 aliphatic rings. The summed E-state index contributed by atoms with van der Waals surface area (Å²) in [6.07, 6.45) is 0. The van der Waals surface area contributed by atoms with E-state index >= 15 is 0 Å². The first-order chi connectivity index (χ1) is 16.8. The smallest absolute Gasteiger partial charge is 0.271 e. The first-order valence-corrected chi connectivity index (χ1v) is 11.4. The van der Waals surface area contributed by atoms with E-state index in [-0.39, 0.29) is 22.7 Å². The van der Waals surface area contributed by atoms with Crippen molar-refractivity contribution in [3.05, 3.63) is 82.1 Å². The van der Waals surface area contributed by atoms with Gasteiger partial charge in [0.25, 0.3) is 5.56 Å². The van der Waals surface area contributed by atoms with Gasteiger partial charge in [0.05, 0.1) is 16.9 Å². The Bertz CT molecular complexity index is 1460. The van der Waals surface area contributed by atoms with Crippen LogP contribution in [0.2, 0.25) is 0 Å². The van der Waals surface area contributed by atoms with Gasteiger partial charge in [-0.05, 0) is 56.9 Å². The van der Waals surface area contributed by atoms with Crippen LogP contribution in [-0.4, -0.2) is 51.6 Å². The summed E-state index contributed by atoms with van der Waals surface area (Å²) in [7, 11) is 4.02. The summed E-state index contributed by atoms with van der Waals surface area (Å²) in [5, 5.41) is 12.8. The molecule has 0 saturated heterocycles. The Morgan fingerprint density at radius 3 is 2.66 bits per heavy atom. The molecule has 1 aliphatic heterocycles. The number of anilines is 1. The minimum Gasteiger partial charge on any atom is -0.369 e. The van der Waals surface area contributed by atoms with E-state index < -0.39 is 11.6 Å². The van der Waals surface area contributed by atoms with Crippen molar-refractivity contribution in [2.75, 3.05) is 32.5 Å². The second-order valence-electron chi connectivity index (χ2n) is 9.14. The lowest BCUT2D eigenvalue weighted by atomic mass is 10.0. The van der Waals surface area contributed by atoms with E-state index in [0.717, 1.165) is 30.3 Å². The van der Waals surface area contributed by atoms with Gasteiger partial charge in [-0.15, -0.1) is 0 Å². The highest BCUT2D eigenvalue weighted by molar-refractivity contribution is 5.87. The first-order valence-electron chi connectivity index (χ1n) is 11.4. The summed E-state index contributed by atoms with van der Waals surface area (Å²) in [6.45, 7) is 4.06. The fourth-order valence-electron chi connectivity index (χ4n) is 4.59. The van der Waals surface area contributed by atoms with E-state index in [0.29, 0.717) is 35.9 Å². The van der Waals surface area contributed by atoms with Gasteiger partial charge < -0.3 is 10.2 Å². The molecule has 2 aromatic carbocycles. The second-order valence-corrected chi connectivity index (χ2v) is 9.14. The molecule has 4 aromatic rings. The van der Waals surface area contributed by atoms with Gasteiger partial charge in [-0.25, -0.2) is 13.5 Å². The van der Waals surface area contributed by atoms with Crippen molar-refractivity contribution < 1.29 is 8.78 Å². The molecule has 0 spiro atoms. The summed E-state index contributed by atoms with van der Waals surface area (Å²) >= 11 is 0. The van der Waals surface area contributed by atoms with E-state index in [1.54, 1.807) is 10.7 Å². The molecule has 1 N–H and O–H groups in total. The Kier molecular flexibility index (Phi) is 5.94. The third-order valence-electron chi connectivity index (χ3n) is 6.15. The number of fused-ring (bicyclic) bond motifs is 1. The van der Waals surface area contributed by atoms with Gasteiger partial charge in [-0.3, -0.25) is 4.79 Å². The highest BCUT2D eigenvalue weighted by Crippen LogP contribution is 2.39. The SMILES string of the molecule is Cc1ccccc1-n1nc(-c2c(-c3cc(F)ccc3F)nn3c2NCC(CN(C)C)C3)ccc1=O. The van der Waals surface area contributed by atoms with Gasteiger partial charge in [0.1, 0.15) is 23.1 Å². The predicted molar refractivity (Wildman–Crippen MR) is 132 cm³/mol. The molecule has 0 bridgehead atoms. The van der Waals surface area contributed by atoms with E-state index in [1.807, 2.05) is 45.3 Å². The lowest BCUT2D eigenvalue weighted by molar-refractivity contribution is 0.293. The fraction of sp³-hybridized carbons (Fsp3) is 0.269. The Hall–Kier alpha value is -3.85. The highest BCUT2D eigenvalue weighted by atomic mass is 19.1. The van der Waals surface area contributed by atoms with E-state index in [2.05, 4.69) is 15.3 Å². The molecule has 0 radical (unpaired) electrons. The van der Waals surface area contributed by atoms with Crippen LogP contribution in [0, 0.1) is 24.5 Å². The maximum absolute atomic E-state index is 14.9. The Labute approximate surface area is 201 Å². The standard InChI is InChI=1S/C26H26F2N6O/c1-16-6-4-5-7-22(16)34-23(35)11-10-21(30-34)24-25(19-12-18(27)8-9-20(19)28)31-33-15-17(14-32(2)3)13-29-26(24)33/h4-12,17,29H,13-15H2,1-3H3. The Morgan fingerprint density at radius 1 is 1.09 bits per heavy atom. The van der Waals surface area contributed by atoms with Crippen molar-refractivity contribution in [2.45, 2.75) is 13.5 Å². The van der Waals surface area contributed by atoms with Gasteiger partial charge in [0.2, 0.25) is 0 Å². The van der Waals surface area contributed by atoms with Gasteiger partial charge in [-0.2, -0.15) is 14.9 Å². The second kappa shape index (κ2) is 9.07. The molecule has 9 heteroatoms. The van der Waals surface area contributed by atoms with E-state index in [9.17, 15) is 13.6 Å². The molecule has 3 heterocycles. The monoisotopic (exact) mass is 476 g/mol. The molecular weight excluding hydrogens is 450 g/mol. The van der Waals surface area contributed by atoms with Crippen LogP contribution in [0.15, 0.2) is 59.4 Å². The summed E-state index contributed by atoms with van der Waals surface area (Å²) in [6, 6.07) is 13.8. The summed E-state index contributed by atoms with van der Waals surface area (Å²) in [4.78, 5) is 14.8. The van der Waals surface area contributed by atoms with Crippen LogP contribution in [0.5, 0.6) is 0 Å². The fourth-order valence-corrected chi connectivity index (χ4v) is 4.59. The molecule has 0 amide bonds. The molecule has 7 nitrogen and oxygen atoms in total. The number of hydrogen-bond acceptors (Lipinski definition) is 5. The summed E-state index contributed by atoms with van der Waals surface area (Å²) in [5.74, 6) is -0.194. The summed E-state index contributed by atoms with van der Waals surface area (Å²) < 4.78 is 32.2. The summed E-state index contributed by atoms with van der Waals surface area (Å²) in [5.41, 5.74) is 2.53. The predicted octanol–water partition coefficient (Wildman–Crippen LogP) is 3.95. The van der Waals surface area contributed by atoms with Gasteiger partial charge in [-0.1, -0.05) is 18.2 Å². The number of nitrogens with zero attached hydrogens (tertiary/aromatic N) is 5. The zero-order chi connectivity index (χ0) is 24.7. The van der Waals surface area contributed by atoms with Crippen molar-refractivity contribution in [1.82, 2.24) is 24.5 Å². The van der Waals surface area contributed by atoms with Gasteiger partial charge in [0.15, 0.2) is 0 Å². The van der Waals surface area contributed by atoms with Crippen molar-refractivity contribution >= 4 is 5.82 Å². The van der Waals surface area contributed by atoms with Crippen LogP contribution >= 0.6 is 0 Å². The third kappa shape index (κ3) is 4.35. The average Bonchev–Trinajstić information content (AvgIpc) is 3.19. The molecule has 5 rings (SSSR count). The maximum Gasteiger partial charge on any atom is 0.271 e. The number of aromatic nitrogens is 4. The number of halogens is 2. The lowest BCUT2D eigenvalue weighted by Crippen LogP contribution is -2.35. The molecule has 180 valence electrons. The molecule has 0 aliphatic carbocycles. The normalized spacial score (nSPS) is 15.2. The largest absolute Gasteiger partial charge is 0.369 e. The minimum atomic E-state index is -0.583. The third-order valence-corrected chi connectivity index (χ3v) is 6.15. The first kappa shape index (κ1) is 22.9. The van der Waals surface area contributed by atoms with Gasteiger partial charge in [0, 0.05) is 37.2 Å². The molecular formula is C26H26F2N6O. The van der Waals surface area contributed by atoms with Crippen molar-refractivity contribution in [3.8, 4) is 28.2 Å². The number of rotatable bonds is 5. The maximum atomic E-state index is 14.9. The van der Waals surface area contributed by atoms with Crippen molar-refractivity contribution in [3.63, 3.8) is 0 Å². The number of hydrogen-bond donors (Lipinski definition) is 1. The quantitative estimate of drug-likeness (QED) is 0.473. The van der Waals surface area contributed by atoms with E-state index in [1.165, 1.54) is 10.7 Å². The zero-order valence-corrected chi connectivity index (χ0v) is 19.8. The molecule has 2 aromatic heterocycles. The van der Waals surface area contributed by atoms with Crippen LogP contribution in [0.25, 0.3) is 28.2 Å². The van der Waals surface area contributed by atoms with Crippen LogP contribution < -0.4 is 10.9 Å². The minimum absolute atomic E-state index is 0.0447. The topological polar surface area (TPSA) is 68.0 Å². The molecule has 1 atom stereocenters. The van der Waals surface area contributed by atoms with Crippen LogP contribution in [0.3, 0.4) is 0 Å². The molecule has 35 heavy (non-hydrogen) atoms. The molecule has 1 unspecified atom stereocenters. The van der Waals surface area contributed by atoms with E-state index in [4.69, 9.17) is 5.10 Å². The number of para-hydroxylation sites is 1. The van der Waals surface area contributed by atoms with Crippen molar-refractivity contribution in [2.24, 2.45) is 5.92 Å². The Morgan fingerprint density at radius 2 is 1.89 bits per heavy atom. The average molecular weight is 477 g/mol. The number of benzene rings is 2. The lowest BCUT2D eigenvalue weighted by Gasteiger charge is -2.27. The zero-order valence-electron chi connectivity index (χ0n) is 19.8. The van der Waals surface area contributed by atoms with Crippen LogP contribution in [-0.2, 0) is 6.54 Å².